The number of carboxylic acid groups (broad SMARTS) is 1. The molecule has 0 saturated heterocycles. The number of fused-ring (bicyclic) bond motifs is 3. The maximum atomic E-state index is 11.2. The van der Waals surface area contributed by atoms with Gasteiger partial charge in [0.2, 0.25) is 5.95 Å². The Balaban J connectivity index is 1.92. The molecule has 0 unspecified atom stereocenters. The molecule has 4 rings (SSSR count). The van der Waals surface area contributed by atoms with Gasteiger partial charge >= 0.3 is 5.97 Å². The fourth-order valence-electron chi connectivity index (χ4n) is 2.57. The van der Waals surface area contributed by atoms with Crippen LogP contribution in [0.5, 0.6) is 0 Å². The van der Waals surface area contributed by atoms with Crippen molar-refractivity contribution in [2.45, 2.75) is 0 Å². The van der Waals surface area contributed by atoms with Crippen molar-refractivity contribution in [2.75, 3.05) is 5.32 Å². The SMILES string of the molecule is O=C(O)c1ccc2c(c1)nc(Nc1cccc(Cl)c1)n1ccnc21. The highest BCUT2D eigenvalue weighted by atomic mass is 35.5. The molecular formula is C17H11ClN4O2. The molecule has 0 atom stereocenters. The molecule has 0 aliphatic heterocycles. The van der Waals surface area contributed by atoms with Crippen molar-refractivity contribution in [1.82, 2.24) is 14.4 Å². The normalized spacial score (nSPS) is 11.0. The number of benzene rings is 2. The van der Waals surface area contributed by atoms with Gasteiger partial charge in [0.05, 0.1) is 11.1 Å². The molecular weight excluding hydrogens is 328 g/mol. The monoisotopic (exact) mass is 338 g/mol. The summed E-state index contributed by atoms with van der Waals surface area (Å²) in [6.07, 6.45) is 3.46. The molecule has 0 spiro atoms. The minimum atomic E-state index is -0.994. The molecule has 0 bridgehead atoms. The van der Waals surface area contributed by atoms with Crippen molar-refractivity contribution in [3.63, 3.8) is 0 Å². The van der Waals surface area contributed by atoms with E-state index in [-0.39, 0.29) is 5.56 Å². The van der Waals surface area contributed by atoms with Gasteiger partial charge in [0.15, 0.2) is 0 Å². The van der Waals surface area contributed by atoms with E-state index in [1.165, 1.54) is 6.07 Å². The highest BCUT2D eigenvalue weighted by Crippen LogP contribution is 2.25. The maximum absolute atomic E-state index is 11.2. The summed E-state index contributed by atoms with van der Waals surface area (Å²) in [4.78, 5) is 20.1. The van der Waals surface area contributed by atoms with Crippen LogP contribution in [-0.4, -0.2) is 25.4 Å². The third-order valence-electron chi connectivity index (χ3n) is 3.66. The first-order valence-electron chi connectivity index (χ1n) is 7.14. The lowest BCUT2D eigenvalue weighted by Crippen LogP contribution is -2.03. The van der Waals surface area contributed by atoms with Gasteiger partial charge in [-0.3, -0.25) is 4.40 Å². The van der Waals surface area contributed by atoms with Crippen molar-refractivity contribution >= 4 is 45.8 Å². The van der Waals surface area contributed by atoms with E-state index in [4.69, 9.17) is 11.6 Å². The number of carbonyl (C=O) groups is 1. The lowest BCUT2D eigenvalue weighted by atomic mass is 10.1. The number of rotatable bonds is 3. The van der Waals surface area contributed by atoms with Crippen molar-refractivity contribution in [3.8, 4) is 0 Å². The van der Waals surface area contributed by atoms with Gasteiger partial charge in [-0.05, 0) is 36.4 Å². The molecule has 6 nitrogen and oxygen atoms in total. The van der Waals surface area contributed by atoms with Gasteiger partial charge in [-0.25, -0.2) is 14.8 Å². The third kappa shape index (κ3) is 2.43. The summed E-state index contributed by atoms with van der Waals surface area (Å²) in [7, 11) is 0. The minimum Gasteiger partial charge on any atom is -0.478 e. The first kappa shape index (κ1) is 14.5. The van der Waals surface area contributed by atoms with E-state index in [1.54, 1.807) is 36.7 Å². The molecule has 2 N–H and O–H groups in total. The topological polar surface area (TPSA) is 79.5 Å². The Bertz CT molecular complexity index is 1090. The van der Waals surface area contributed by atoms with E-state index in [2.05, 4.69) is 15.3 Å². The molecule has 0 aliphatic carbocycles. The summed E-state index contributed by atoms with van der Waals surface area (Å²) in [5, 5.41) is 13.8. The molecule has 0 saturated carbocycles. The van der Waals surface area contributed by atoms with Gasteiger partial charge < -0.3 is 10.4 Å². The molecule has 2 aromatic heterocycles. The number of imidazole rings is 1. The summed E-state index contributed by atoms with van der Waals surface area (Å²) >= 11 is 6.01. The summed E-state index contributed by atoms with van der Waals surface area (Å²) < 4.78 is 1.81. The van der Waals surface area contributed by atoms with Crippen molar-refractivity contribution in [3.05, 3.63) is 65.4 Å². The number of carboxylic acids is 1. The van der Waals surface area contributed by atoms with E-state index >= 15 is 0 Å². The van der Waals surface area contributed by atoms with Crippen LogP contribution in [0.1, 0.15) is 10.4 Å². The van der Waals surface area contributed by atoms with Crippen LogP contribution in [-0.2, 0) is 0 Å². The molecule has 0 fully saturated rings. The number of nitrogens with one attached hydrogen (secondary N) is 1. The van der Waals surface area contributed by atoms with E-state index in [1.807, 2.05) is 16.5 Å². The Kier molecular flexibility index (Phi) is 3.32. The lowest BCUT2D eigenvalue weighted by molar-refractivity contribution is 0.0697. The van der Waals surface area contributed by atoms with Crippen molar-refractivity contribution in [1.29, 1.82) is 0 Å². The largest absolute Gasteiger partial charge is 0.478 e. The zero-order chi connectivity index (χ0) is 16.7. The lowest BCUT2D eigenvalue weighted by Gasteiger charge is -2.10. The van der Waals surface area contributed by atoms with Crippen LogP contribution in [0.15, 0.2) is 54.9 Å². The van der Waals surface area contributed by atoms with Crippen LogP contribution in [0.25, 0.3) is 16.6 Å². The number of hydrogen-bond acceptors (Lipinski definition) is 4. The van der Waals surface area contributed by atoms with Crippen LogP contribution >= 0.6 is 11.6 Å². The molecule has 0 aliphatic rings. The average molecular weight is 339 g/mol. The molecule has 2 heterocycles. The van der Waals surface area contributed by atoms with E-state index < -0.39 is 5.97 Å². The summed E-state index contributed by atoms with van der Waals surface area (Å²) in [5.74, 6) is -0.467. The van der Waals surface area contributed by atoms with Crippen molar-refractivity contribution < 1.29 is 9.90 Å². The third-order valence-corrected chi connectivity index (χ3v) is 3.90. The van der Waals surface area contributed by atoms with Gasteiger partial charge in [0, 0.05) is 28.5 Å². The molecule has 118 valence electrons. The fourth-order valence-corrected chi connectivity index (χ4v) is 2.76. The van der Waals surface area contributed by atoms with Crippen molar-refractivity contribution in [2.24, 2.45) is 0 Å². The predicted molar refractivity (Wildman–Crippen MR) is 92.2 cm³/mol. The Hall–Kier alpha value is -3.12. The number of aromatic nitrogens is 3. The van der Waals surface area contributed by atoms with Crippen LogP contribution in [0.3, 0.4) is 0 Å². The molecule has 2 aromatic carbocycles. The Labute approximate surface area is 141 Å². The van der Waals surface area contributed by atoms with Gasteiger partial charge in [0.1, 0.15) is 5.65 Å². The summed E-state index contributed by atoms with van der Waals surface area (Å²) in [6, 6.07) is 12.1. The number of nitrogens with zero attached hydrogens (tertiary/aromatic N) is 3. The first-order valence-corrected chi connectivity index (χ1v) is 7.52. The molecule has 0 amide bonds. The van der Waals surface area contributed by atoms with E-state index in [9.17, 15) is 9.90 Å². The smallest absolute Gasteiger partial charge is 0.335 e. The van der Waals surface area contributed by atoms with E-state index in [0.29, 0.717) is 22.1 Å². The highest BCUT2D eigenvalue weighted by molar-refractivity contribution is 6.30. The van der Waals surface area contributed by atoms with Crippen LogP contribution in [0.2, 0.25) is 5.02 Å². The summed E-state index contributed by atoms with van der Waals surface area (Å²) in [6.45, 7) is 0. The number of hydrogen-bond donors (Lipinski definition) is 2. The first-order chi connectivity index (χ1) is 11.6. The number of halogens is 1. The second-order valence-electron chi connectivity index (χ2n) is 5.23. The minimum absolute atomic E-state index is 0.180. The zero-order valence-electron chi connectivity index (χ0n) is 12.3. The predicted octanol–water partition coefficient (Wildman–Crippen LogP) is 3.98. The van der Waals surface area contributed by atoms with Gasteiger partial charge in [0.25, 0.3) is 0 Å². The van der Waals surface area contributed by atoms with Gasteiger partial charge in [-0.2, -0.15) is 0 Å². The fraction of sp³-hybridized carbons (Fsp3) is 0. The number of aromatic carboxylic acids is 1. The van der Waals surface area contributed by atoms with Crippen LogP contribution in [0.4, 0.5) is 11.6 Å². The second kappa shape index (κ2) is 5.50. The Morgan fingerprint density at radius 1 is 1.21 bits per heavy atom. The van der Waals surface area contributed by atoms with Gasteiger partial charge in [-0.1, -0.05) is 17.7 Å². The van der Waals surface area contributed by atoms with Crippen LogP contribution < -0.4 is 5.32 Å². The molecule has 7 heteroatoms. The standard InChI is InChI=1S/C17H11ClN4O2/c18-11-2-1-3-12(9-11)20-17-21-14-8-10(16(23)24)4-5-13(14)15-19-6-7-22(15)17/h1-9H,(H,20,21)(H,23,24). The number of anilines is 2. The average Bonchev–Trinajstić information content (AvgIpc) is 3.04. The highest BCUT2D eigenvalue weighted by Gasteiger charge is 2.12. The van der Waals surface area contributed by atoms with Crippen LogP contribution in [0, 0.1) is 0 Å². The Morgan fingerprint density at radius 2 is 2.08 bits per heavy atom. The maximum Gasteiger partial charge on any atom is 0.335 e. The zero-order valence-corrected chi connectivity index (χ0v) is 13.0. The molecule has 4 aromatic rings. The summed E-state index contributed by atoms with van der Waals surface area (Å²) in [5.41, 5.74) is 2.21. The molecule has 24 heavy (non-hydrogen) atoms. The molecule has 0 radical (unpaired) electrons. The van der Waals surface area contributed by atoms with E-state index in [0.717, 1.165) is 11.1 Å². The quantitative estimate of drug-likeness (QED) is 0.590. The van der Waals surface area contributed by atoms with Gasteiger partial charge in [-0.15, -0.1) is 0 Å². The second-order valence-corrected chi connectivity index (χ2v) is 5.67. The Morgan fingerprint density at radius 3 is 2.88 bits per heavy atom.